The highest BCUT2D eigenvalue weighted by Crippen LogP contribution is 2.39. The lowest BCUT2D eigenvalue weighted by Crippen LogP contribution is -2.31. The molecule has 3 N–H and O–H groups in total. The lowest BCUT2D eigenvalue weighted by Gasteiger charge is -2.31. The number of anilines is 2. The van der Waals surface area contributed by atoms with E-state index in [0.29, 0.717) is 5.56 Å². The number of pyridine rings is 1. The molecule has 2 heterocycles. The molecule has 0 aliphatic heterocycles. The first kappa shape index (κ1) is 24.4. The highest BCUT2D eigenvalue weighted by molar-refractivity contribution is 5.76. The number of alkyl halides is 3. The van der Waals surface area contributed by atoms with Crippen molar-refractivity contribution in [3.63, 3.8) is 0 Å². The van der Waals surface area contributed by atoms with E-state index in [1.807, 2.05) is 12.1 Å². The average Bonchev–Trinajstić information content (AvgIpc) is 3.65. The van der Waals surface area contributed by atoms with Gasteiger partial charge in [0.15, 0.2) is 11.6 Å². The molecule has 0 radical (unpaired) electrons. The Morgan fingerprint density at radius 2 is 1.80 bits per heavy atom. The molecule has 11 heteroatoms. The van der Waals surface area contributed by atoms with Gasteiger partial charge in [0.1, 0.15) is 12.0 Å². The Kier molecular flexibility index (Phi) is 6.86. The zero-order valence-corrected chi connectivity index (χ0v) is 18.9. The maximum absolute atomic E-state index is 15.5. The number of hydrogen-bond donors (Lipinski definition) is 2. The molecule has 1 aliphatic rings. The van der Waals surface area contributed by atoms with Gasteiger partial charge in [-0.3, -0.25) is 9.78 Å². The number of halogens is 4. The Bertz CT molecular complexity index is 1180. The summed E-state index contributed by atoms with van der Waals surface area (Å²) in [6.45, 7) is 2.07. The second-order valence-electron chi connectivity index (χ2n) is 8.46. The van der Waals surface area contributed by atoms with Gasteiger partial charge in [0.25, 0.3) is 0 Å². The van der Waals surface area contributed by atoms with Gasteiger partial charge in [0.2, 0.25) is 11.7 Å². The second kappa shape index (κ2) is 9.85. The summed E-state index contributed by atoms with van der Waals surface area (Å²) in [5, 5.41) is 2.97. The third-order valence-electron chi connectivity index (χ3n) is 5.79. The van der Waals surface area contributed by atoms with Crippen molar-refractivity contribution in [3.8, 4) is 0 Å². The Balaban J connectivity index is 1.52. The fourth-order valence-electron chi connectivity index (χ4n) is 3.83. The van der Waals surface area contributed by atoms with Gasteiger partial charge in [-0.2, -0.15) is 17.6 Å². The van der Waals surface area contributed by atoms with Gasteiger partial charge in [0.05, 0.1) is 12.5 Å². The number of nitrogens with zero attached hydrogens (tertiary/aromatic N) is 4. The summed E-state index contributed by atoms with van der Waals surface area (Å²) in [6, 6.07) is 9.01. The van der Waals surface area contributed by atoms with Crippen LogP contribution in [0.15, 0.2) is 48.9 Å². The number of amides is 1. The number of nitrogens with two attached hydrogens (primary N) is 1. The van der Waals surface area contributed by atoms with Crippen molar-refractivity contribution in [3.05, 3.63) is 77.1 Å². The second-order valence-corrected chi connectivity index (χ2v) is 8.46. The Hall–Kier alpha value is -3.76. The van der Waals surface area contributed by atoms with E-state index >= 15 is 4.39 Å². The van der Waals surface area contributed by atoms with Crippen LogP contribution >= 0.6 is 0 Å². The number of rotatable bonds is 9. The number of nitrogens with one attached hydrogen (secondary N) is 1. The van der Waals surface area contributed by atoms with Gasteiger partial charge in [-0.25, -0.2) is 9.97 Å². The van der Waals surface area contributed by atoms with Crippen molar-refractivity contribution in [2.75, 3.05) is 10.2 Å². The highest BCUT2D eigenvalue weighted by Gasteiger charge is 2.37. The van der Waals surface area contributed by atoms with Crippen LogP contribution in [0.25, 0.3) is 0 Å². The minimum Gasteiger partial charge on any atom is -0.369 e. The summed E-state index contributed by atoms with van der Waals surface area (Å²) in [5.74, 6) is -0.974. The van der Waals surface area contributed by atoms with E-state index in [2.05, 4.69) is 20.3 Å². The zero-order valence-electron chi connectivity index (χ0n) is 18.9. The van der Waals surface area contributed by atoms with Gasteiger partial charge >= 0.3 is 6.18 Å². The van der Waals surface area contributed by atoms with Crippen LogP contribution in [0.1, 0.15) is 48.2 Å². The first-order valence-corrected chi connectivity index (χ1v) is 11.1. The summed E-state index contributed by atoms with van der Waals surface area (Å²) in [4.78, 5) is 24.5. The van der Waals surface area contributed by atoms with Crippen molar-refractivity contribution >= 4 is 17.5 Å². The number of benzene rings is 1. The van der Waals surface area contributed by atoms with E-state index in [4.69, 9.17) is 5.73 Å². The molecule has 1 fully saturated rings. The quantitative estimate of drug-likeness (QED) is 0.434. The summed E-state index contributed by atoms with van der Waals surface area (Å²) in [5.41, 5.74) is 6.37. The highest BCUT2D eigenvalue weighted by atomic mass is 19.4. The molecule has 7 nitrogen and oxygen atoms in total. The molecule has 1 amide bonds. The number of carbonyl (C=O) groups excluding carboxylic acids is 1. The minimum atomic E-state index is -4.53. The molecular formula is C24H24F4N6O. The summed E-state index contributed by atoms with van der Waals surface area (Å²) < 4.78 is 54.1. The number of hydrogen-bond acceptors (Lipinski definition) is 6. The average molecular weight is 488 g/mol. The molecule has 4 rings (SSSR count). The van der Waals surface area contributed by atoms with E-state index in [0.717, 1.165) is 30.0 Å². The van der Waals surface area contributed by atoms with Crippen LogP contribution in [-0.4, -0.2) is 26.9 Å². The molecular weight excluding hydrogens is 464 g/mol. The van der Waals surface area contributed by atoms with Crippen molar-refractivity contribution < 1.29 is 22.4 Å². The van der Waals surface area contributed by atoms with Gasteiger partial charge < -0.3 is 16.0 Å². The van der Waals surface area contributed by atoms with Gasteiger partial charge in [-0.1, -0.05) is 30.3 Å². The van der Waals surface area contributed by atoms with Crippen LogP contribution in [-0.2, 0) is 23.9 Å². The molecule has 0 bridgehead atoms. The van der Waals surface area contributed by atoms with Gasteiger partial charge in [0, 0.05) is 18.8 Å². The fourth-order valence-corrected chi connectivity index (χ4v) is 3.83. The minimum absolute atomic E-state index is 0.0135. The molecule has 35 heavy (non-hydrogen) atoms. The molecule has 3 aromatic rings. The van der Waals surface area contributed by atoms with Crippen LogP contribution in [0.3, 0.4) is 0 Å². The molecule has 1 aromatic carbocycles. The maximum atomic E-state index is 15.5. The molecule has 0 unspecified atom stereocenters. The first-order chi connectivity index (χ1) is 16.6. The first-order valence-electron chi connectivity index (χ1n) is 11.1. The zero-order chi connectivity index (χ0) is 25.2. The third kappa shape index (κ3) is 5.84. The van der Waals surface area contributed by atoms with Crippen molar-refractivity contribution in [2.45, 2.75) is 51.0 Å². The topological polar surface area (TPSA) is 97.0 Å². The SMILES string of the molecule is C[C@H](c1ccc(C(F)(F)F)nc1)N(c1ncnc(NCc2ccc(CC(N)=O)cc2)c1F)C1CC1. The maximum Gasteiger partial charge on any atom is 0.433 e. The van der Waals surface area contributed by atoms with Crippen LogP contribution in [0.4, 0.5) is 29.2 Å². The number of aromatic nitrogens is 3. The van der Waals surface area contributed by atoms with Crippen molar-refractivity contribution in [1.82, 2.24) is 15.0 Å². The van der Waals surface area contributed by atoms with Gasteiger partial charge in [-0.05, 0) is 42.5 Å². The van der Waals surface area contributed by atoms with E-state index in [1.54, 1.807) is 24.0 Å². The molecule has 0 spiro atoms. The summed E-state index contributed by atoms with van der Waals surface area (Å²) in [6.07, 6.45) is -0.321. The normalized spacial score (nSPS) is 14.4. The summed E-state index contributed by atoms with van der Waals surface area (Å²) in [7, 11) is 0. The Morgan fingerprint density at radius 3 is 2.37 bits per heavy atom. The van der Waals surface area contributed by atoms with E-state index in [-0.39, 0.29) is 30.6 Å². The van der Waals surface area contributed by atoms with Crippen molar-refractivity contribution in [2.24, 2.45) is 5.73 Å². The monoisotopic (exact) mass is 488 g/mol. The standard InChI is InChI=1S/C24H24F4N6O/c1-14(17-6-9-19(30-12-17)24(26,27)28)34(18-7-8-18)23-21(25)22(32-13-33-23)31-11-16-4-2-15(3-5-16)10-20(29)35/h2-6,9,12-14,18H,7-8,10-11H2,1H3,(H2,29,35)(H,31,32,33)/t14-/m1/s1. The molecule has 1 aliphatic carbocycles. The van der Waals surface area contributed by atoms with Crippen molar-refractivity contribution in [1.29, 1.82) is 0 Å². The molecule has 1 saturated carbocycles. The molecule has 1 atom stereocenters. The predicted octanol–water partition coefficient (Wildman–Crippen LogP) is 4.40. The van der Waals surface area contributed by atoms with Crippen LogP contribution in [0.2, 0.25) is 0 Å². The van der Waals surface area contributed by atoms with E-state index in [9.17, 15) is 18.0 Å². The largest absolute Gasteiger partial charge is 0.433 e. The fraction of sp³-hybridized carbons (Fsp3) is 0.333. The molecule has 0 saturated heterocycles. The van der Waals surface area contributed by atoms with E-state index in [1.165, 1.54) is 18.6 Å². The van der Waals surface area contributed by atoms with Gasteiger partial charge in [-0.15, -0.1) is 0 Å². The Morgan fingerprint density at radius 1 is 1.11 bits per heavy atom. The lowest BCUT2D eigenvalue weighted by atomic mass is 10.1. The third-order valence-corrected chi connectivity index (χ3v) is 5.79. The van der Waals surface area contributed by atoms with Crippen LogP contribution in [0, 0.1) is 5.82 Å². The van der Waals surface area contributed by atoms with Crippen LogP contribution in [0.5, 0.6) is 0 Å². The molecule has 184 valence electrons. The van der Waals surface area contributed by atoms with E-state index < -0.39 is 29.6 Å². The Labute approximate surface area is 199 Å². The molecule has 2 aromatic heterocycles. The lowest BCUT2D eigenvalue weighted by molar-refractivity contribution is -0.141. The number of primary amides is 1. The summed E-state index contributed by atoms with van der Waals surface area (Å²) >= 11 is 0. The smallest absolute Gasteiger partial charge is 0.369 e. The number of carbonyl (C=O) groups is 1. The predicted molar refractivity (Wildman–Crippen MR) is 122 cm³/mol. The van der Waals surface area contributed by atoms with Crippen LogP contribution < -0.4 is 16.0 Å².